The number of benzene rings is 1. The van der Waals surface area contributed by atoms with Crippen LogP contribution in [0.4, 0.5) is 5.00 Å². The van der Waals surface area contributed by atoms with Gasteiger partial charge in [0.1, 0.15) is 5.00 Å². The molecule has 0 bridgehead atoms. The molecule has 158 valence electrons. The number of esters is 1. The maximum atomic E-state index is 12.3. The van der Waals surface area contributed by atoms with E-state index in [9.17, 15) is 14.4 Å². The lowest BCUT2D eigenvalue weighted by molar-refractivity contribution is -0.144. The lowest BCUT2D eigenvalue weighted by atomic mass is 9.95. The number of nitrogens with one attached hydrogen (secondary N) is 1. The van der Waals surface area contributed by atoms with Crippen LogP contribution in [0, 0.1) is 0 Å². The van der Waals surface area contributed by atoms with Crippen molar-refractivity contribution in [1.29, 1.82) is 0 Å². The Morgan fingerprint density at radius 2 is 1.87 bits per heavy atom. The molecular formula is C22H24N2O4S2. The van der Waals surface area contributed by atoms with E-state index >= 15 is 0 Å². The second-order valence-electron chi connectivity index (χ2n) is 7.56. The van der Waals surface area contributed by atoms with Gasteiger partial charge in [0.25, 0.3) is 11.8 Å². The van der Waals surface area contributed by atoms with Crippen molar-refractivity contribution in [2.24, 2.45) is 5.73 Å². The summed E-state index contributed by atoms with van der Waals surface area (Å²) in [5, 5.41) is 3.16. The molecule has 0 fully saturated rings. The molecule has 1 heterocycles. The quantitative estimate of drug-likeness (QED) is 0.503. The van der Waals surface area contributed by atoms with Crippen LogP contribution in [0.1, 0.15) is 51.2 Å². The summed E-state index contributed by atoms with van der Waals surface area (Å²) in [4.78, 5) is 38.3. The van der Waals surface area contributed by atoms with Crippen molar-refractivity contribution < 1.29 is 19.1 Å². The Morgan fingerprint density at radius 1 is 1.07 bits per heavy atom. The van der Waals surface area contributed by atoms with E-state index in [2.05, 4.69) is 17.4 Å². The Hall–Kier alpha value is -2.32. The van der Waals surface area contributed by atoms with Crippen LogP contribution in [0.2, 0.25) is 0 Å². The molecule has 6 nitrogen and oxygen atoms in total. The Labute approximate surface area is 183 Å². The van der Waals surface area contributed by atoms with Gasteiger partial charge in [0, 0.05) is 9.77 Å². The Bertz CT molecular complexity index is 999. The molecule has 2 amide bonds. The summed E-state index contributed by atoms with van der Waals surface area (Å²) in [5.74, 6) is -1.30. The minimum Gasteiger partial charge on any atom is -0.455 e. The molecule has 2 aliphatic carbocycles. The van der Waals surface area contributed by atoms with Crippen molar-refractivity contribution in [2.75, 3.05) is 17.7 Å². The molecule has 2 aromatic rings. The van der Waals surface area contributed by atoms with Crippen LogP contribution in [-0.4, -0.2) is 30.1 Å². The molecule has 0 saturated carbocycles. The predicted molar refractivity (Wildman–Crippen MR) is 118 cm³/mol. The highest BCUT2D eigenvalue weighted by atomic mass is 32.2. The standard InChI is InChI=1S/C22H24N2O4S2/c23-21(27)20-16-6-1-2-7-17(16)30-22(20)24-18(25)11-28-19(26)12-29-15-9-8-13-4-3-5-14(13)10-15/h8-10H,1-7,11-12H2,(H2,23,27)(H,24,25). The van der Waals surface area contributed by atoms with E-state index in [0.29, 0.717) is 10.6 Å². The third kappa shape index (κ3) is 4.70. The highest BCUT2D eigenvalue weighted by Gasteiger charge is 2.25. The second kappa shape index (κ2) is 9.22. The SMILES string of the molecule is NC(=O)c1c(NC(=O)COC(=O)CSc2ccc3c(c2)CCC3)sc2c1CCCC2. The number of primary amides is 1. The Balaban J connectivity index is 1.28. The van der Waals surface area contributed by atoms with Crippen LogP contribution in [0.15, 0.2) is 23.1 Å². The van der Waals surface area contributed by atoms with Gasteiger partial charge < -0.3 is 15.8 Å². The highest BCUT2D eigenvalue weighted by Crippen LogP contribution is 2.37. The van der Waals surface area contributed by atoms with Crippen LogP contribution >= 0.6 is 23.1 Å². The van der Waals surface area contributed by atoms with Gasteiger partial charge in [-0.05, 0) is 73.8 Å². The number of anilines is 1. The van der Waals surface area contributed by atoms with E-state index in [1.54, 1.807) is 0 Å². The number of nitrogens with two attached hydrogens (primary N) is 1. The van der Waals surface area contributed by atoms with Gasteiger partial charge in [-0.1, -0.05) is 6.07 Å². The molecule has 0 radical (unpaired) electrons. The number of thioether (sulfide) groups is 1. The number of hydrogen-bond acceptors (Lipinski definition) is 6. The summed E-state index contributed by atoms with van der Waals surface area (Å²) < 4.78 is 5.11. The molecule has 0 saturated heterocycles. The molecular weight excluding hydrogens is 420 g/mol. The Kier molecular flexibility index (Phi) is 6.43. The predicted octanol–water partition coefficient (Wildman–Crippen LogP) is 3.49. The molecule has 8 heteroatoms. The van der Waals surface area contributed by atoms with Crippen molar-refractivity contribution in [3.05, 3.63) is 45.3 Å². The highest BCUT2D eigenvalue weighted by molar-refractivity contribution is 8.00. The minimum atomic E-state index is -0.535. The zero-order valence-corrected chi connectivity index (χ0v) is 18.3. The van der Waals surface area contributed by atoms with Crippen molar-refractivity contribution in [1.82, 2.24) is 0 Å². The molecule has 0 unspecified atom stereocenters. The lowest BCUT2D eigenvalue weighted by Crippen LogP contribution is -2.23. The van der Waals surface area contributed by atoms with E-state index in [1.807, 2.05) is 6.07 Å². The number of amides is 2. The molecule has 0 aliphatic heterocycles. The van der Waals surface area contributed by atoms with Gasteiger partial charge in [-0.25, -0.2) is 0 Å². The first-order chi connectivity index (χ1) is 14.5. The molecule has 0 spiro atoms. The van der Waals surface area contributed by atoms with E-state index in [-0.39, 0.29) is 12.4 Å². The third-order valence-electron chi connectivity index (χ3n) is 5.46. The number of carbonyl (C=O) groups excluding carboxylic acids is 3. The normalized spacial score (nSPS) is 14.7. The van der Waals surface area contributed by atoms with Gasteiger partial charge in [-0.15, -0.1) is 23.1 Å². The van der Waals surface area contributed by atoms with E-state index in [0.717, 1.165) is 53.9 Å². The van der Waals surface area contributed by atoms with Crippen molar-refractivity contribution in [2.45, 2.75) is 49.8 Å². The first kappa shape index (κ1) is 20.9. The van der Waals surface area contributed by atoms with Crippen LogP contribution in [0.25, 0.3) is 0 Å². The number of fused-ring (bicyclic) bond motifs is 2. The number of carbonyl (C=O) groups is 3. The number of rotatable bonds is 7. The summed E-state index contributed by atoms with van der Waals surface area (Å²) in [6.45, 7) is -0.385. The van der Waals surface area contributed by atoms with Crippen LogP contribution in [0.3, 0.4) is 0 Å². The average Bonchev–Trinajstić information content (AvgIpc) is 3.34. The fourth-order valence-corrected chi connectivity index (χ4v) is 6.11. The molecule has 2 aliphatic rings. The van der Waals surface area contributed by atoms with E-state index < -0.39 is 17.8 Å². The van der Waals surface area contributed by atoms with Gasteiger partial charge in [0.15, 0.2) is 6.61 Å². The minimum absolute atomic E-state index is 0.145. The number of ether oxygens (including phenoxy) is 1. The van der Waals surface area contributed by atoms with Gasteiger partial charge in [0.05, 0.1) is 11.3 Å². The summed E-state index contributed by atoms with van der Waals surface area (Å²) >= 11 is 2.80. The van der Waals surface area contributed by atoms with E-state index in [4.69, 9.17) is 10.5 Å². The third-order valence-corrected chi connectivity index (χ3v) is 7.64. The first-order valence-corrected chi connectivity index (χ1v) is 12.0. The summed E-state index contributed by atoms with van der Waals surface area (Å²) in [5.41, 5.74) is 9.65. The van der Waals surface area contributed by atoms with Crippen LogP contribution in [-0.2, 0) is 40.0 Å². The number of hydrogen-bond donors (Lipinski definition) is 2. The smallest absolute Gasteiger partial charge is 0.316 e. The lowest BCUT2D eigenvalue weighted by Gasteiger charge is -2.11. The van der Waals surface area contributed by atoms with Crippen LogP contribution < -0.4 is 11.1 Å². The van der Waals surface area contributed by atoms with E-state index in [1.165, 1.54) is 40.6 Å². The van der Waals surface area contributed by atoms with Crippen LogP contribution in [0.5, 0.6) is 0 Å². The molecule has 4 rings (SSSR count). The largest absolute Gasteiger partial charge is 0.455 e. The van der Waals surface area contributed by atoms with Gasteiger partial charge in [-0.2, -0.15) is 0 Å². The molecule has 1 aromatic carbocycles. The second-order valence-corrected chi connectivity index (χ2v) is 9.71. The van der Waals surface area contributed by atoms with Gasteiger partial charge >= 0.3 is 5.97 Å². The molecule has 3 N–H and O–H groups in total. The fourth-order valence-electron chi connectivity index (χ4n) is 4.05. The zero-order chi connectivity index (χ0) is 21.1. The van der Waals surface area contributed by atoms with Gasteiger partial charge in [-0.3, -0.25) is 14.4 Å². The van der Waals surface area contributed by atoms with Crippen molar-refractivity contribution >= 4 is 45.9 Å². The maximum absolute atomic E-state index is 12.3. The molecule has 30 heavy (non-hydrogen) atoms. The molecule has 0 atom stereocenters. The fraction of sp³-hybridized carbons (Fsp3) is 0.409. The summed E-state index contributed by atoms with van der Waals surface area (Å²) in [7, 11) is 0. The first-order valence-electron chi connectivity index (χ1n) is 10.2. The topological polar surface area (TPSA) is 98.5 Å². The zero-order valence-electron chi connectivity index (χ0n) is 16.6. The number of thiophene rings is 1. The maximum Gasteiger partial charge on any atom is 0.316 e. The summed E-state index contributed by atoms with van der Waals surface area (Å²) in [6.07, 6.45) is 7.18. The number of aryl methyl sites for hydroxylation is 3. The monoisotopic (exact) mass is 444 g/mol. The van der Waals surface area contributed by atoms with Crippen molar-refractivity contribution in [3.63, 3.8) is 0 Å². The molecule has 1 aromatic heterocycles. The van der Waals surface area contributed by atoms with Gasteiger partial charge in [0.2, 0.25) is 0 Å². The van der Waals surface area contributed by atoms with Crippen molar-refractivity contribution in [3.8, 4) is 0 Å². The average molecular weight is 445 g/mol. The summed E-state index contributed by atoms with van der Waals surface area (Å²) in [6, 6.07) is 6.29. The Morgan fingerprint density at radius 3 is 2.70 bits per heavy atom.